The molecule has 2 amide bonds. The Hall–Kier alpha value is -3.15. The molecule has 1 atom stereocenters. The van der Waals surface area contributed by atoms with Gasteiger partial charge in [0.25, 0.3) is 0 Å². The van der Waals surface area contributed by atoms with E-state index in [0.717, 1.165) is 22.4 Å². The van der Waals surface area contributed by atoms with Gasteiger partial charge in [0.2, 0.25) is 11.8 Å². The van der Waals surface area contributed by atoms with E-state index in [4.69, 9.17) is 0 Å². The number of amides is 2. The predicted molar refractivity (Wildman–Crippen MR) is 99.2 cm³/mol. The van der Waals surface area contributed by atoms with Crippen molar-refractivity contribution in [3.8, 4) is 0 Å². The molecule has 0 bridgehead atoms. The largest absolute Gasteiger partial charge is 0.480 e. The number of anilines is 1. The van der Waals surface area contributed by atoms with Gasteiger partial charge in [0, 0.05) is 25.1 Å². The van der Waals surface area contributed by atoms with E-state index in [9.17, 15) is 19.5 Å². The quantitative estimate of drug-likeness (QED) is 0.904. The first-order valence-corrected chi connectivity index (χ1v) is 9.02. The molecule has 138 valence electrons. The van der Waals surface area contributed by atoms with Gasteiger partial charge in [0.05, 0.1) is 0 Å². The van der Waals surface area contributed by atoms with E-state index in [1.54, 1.807) is 0 Å². The highest BCUT2D eigenvalue weighted by atomic mass is 16.4. The smallest absolute Gasteiger partial charge is 0.326 e. The third-order valence-corrected chi connectivity index (χ3v) is 5.34. The van der Waals surface area contributed by atoms with Crippen LogP contribution in [0, 0.1) is 0 Å². The van der Waals surface area contributed by atoms with E-state index < -0.39 is 12.0 Å². The van der Waals surface area contributed by atoms with Gasteiger partial charge in [-0.3, -0.25) is 9.59 Å². The fourth-order valence-corrected chi connectivity index (χ4v) is 3.90. The molecule has 6 heteroatoms. The van der Waals surface area contributed by atoms with Crippen LogP contribution >= 0.6 is 0 Å². The predicted octanol–water partition coefficient (Wildman–Crippen LogP) is 2.00. The number of carbonyl (C=O) groups is 3. The lowest BCUT2D eigenvalue weighted by Gasteiger charge is -2.36. The summed E-state index contributed by atoms with van der Waals surface area (Å²) in [6.07, 6.45) is 1.30. The lowest BCUT2D eigenvalue weighted by Crippen LogP contribution is -2.52. The molecular formula is C21H20N2O4. The highest BCUT2D eigenvalue weighted by Crippen LogP contribution is 2.29. The van der Waals surface area contributed by atoms with Crippen molar-refractivity contribution >= 4 is 23.5 Å². The summed E-state index contributed by atoms with van der Waals surface area (Å²) in [6, 6.07) is 14.2. The number of para-hydroxylation sites is 1. The van der Waals surface area contributed by atoms with Gasteiger partial charge in [-0.15, -0.1) is 0 Å². The molecule has 0 radical (unpaired) electrons. The minimum Gasteiger partial charge on any atom is -0.480 e. The van der Waals surface area contributed by atoms with Crippen molar-refractivity contribution in [2.45, 2.75) is 31.8 Å². The Bertz CT molecular complexity index is 924. The van der Waals surface area contributed by atoms with Crippen LogP contribution < -0.4 is 4.90 Å². The molecule has 2 heterocycles. The Kier molecular flexibility index (Phi) is 4.39. The molecule has 1 N–H and O–H groups in total. The van der Waals surface area contributed by atoms with Gasteiger partial charge < -0.3 is 14.9 Å². The molecule has 0 saturated heterocycles. The monoisotopic (exact) mass is 364 g/mol. The van der Waals surface area contributed by atoms with Crippen LogP contribution in [0.25, 0.3) is 0 Å². The van der Waals surface area contributed by atoms with Crippen LogP contribution in [0.5, 0.6) is 0 Å². The zero-order valence-corrected chi connectivity index (χ0v) is 14.8. The Morgan fingerprint density at radius 1 is 0.963 bits per heavy atom. The number of hydrogen-bond acceptors (Lipinski definition) is 3. The lowest BCUT2D eigenvalue weighted by molar-refractivity contribution is -0.150. The third-order valence-electron chi connectivity index (χ3n) is 5.34. The van der Waals surface area contributed by atoms with E-state index >= 15 is 0 Å². The van der Waals surface area contributed by atoms with Gasteiger partial charge in [0.15, 0.2) is 0 Å². The Balaban J connectivity index is 1.60. The number of fused-ring (bicyclic) bond motifs is 2. The molecule has 27 heavy (non-hydrogen) atoms. The van der Waals surface area contributed by atoms with Gasteiger partial charge >= 0.3 is 5.97 Å². The molecule has 0 aliphatic carbocycles. The SMILES string of the molecule is O=C(O)C1Cc2ccccc2CN1C(=O)CN1C(=O)CCc2ccccc21. The average Bonchev–Trinajstić information content (AvgIpc) is 2.69. The van der Waals surface area contributed by atoms with Crippen molar-refractivity contribution in [1.82, 2.24) is 4.90 Å². The highest BCUT2D eigenvalue weighted by molar-refractivity contribution is 6.01. The van der Waals surface area contributed by atoms with Gasteiger partial charge in [-0.1, -0.05) is 42.5 Å². The molecule has 6 nitrogen and oxygen atoms in total. The zero-order chi connectivity index (χ0) is 19.0. The first kappa shape index (κ1) is 17.3. The summed E-state index contributed by atoms with van der Waals surface area (Å²) in [5, 5.41) is 9.62. The topological polar surface area (TPSA) is 77.9 Å². The maximum Gasteiger partial charge on any atom is 0.326 e. The lowest BCUT2D eigenvalue weighted by atomic mass is 9.93. The van der Waals surface area contributed by atoms with Crippen molar-refractivity contribution < 1.29 is 19.5 Å². The summed E-state index contributed by atoms with van der Waals surface area (Å²) in [4.78, 5) is 40.1. The second kappa shape index (κ2) is 6.87. The fourth-order valence-electron chi connectivity index (χ4n) is 3.90. The van der Waals surface area contributed by atoms with Gasteiger partial charge in [-0.2, -0.15) is 0 Å². The number of nitrogens with zero attached hydrogens (tertiary/aromatic N) is 2. The highest BCUT2D eigenvalue weighted by Gasteiger charge is 2.36. The van der Waals surface area contributed by atoms with Crippen molar-refractivity contribution in [1.29, 1.82) is 0 Å². The van der Waals surface area contributed by atoms with E-state index in [1.165, 1.54) is 9.80 Å². The van der Waals surface area contributed by atoms with Crippen LogP contribution in [-0.4, -0.2) is 40.4 Å². The number of hydrogen-bond donors (Lipinski definition) is 1. The van der Waals surface area contributed by atoms with Crippen LogP contribution in [0.2, 0.25) is 0 Å². The van der Waals surface area contributed by atoms with E-state index in [-0.39, 0.29) is 31.3 Å². The normalized spacial score (nSPS) is 18.7. The first-order valence-electron chi connectivity index (χ1n) is 9.02. The third kappa shape index (κ3) is 3.18. The van der Waals surface area contributed by atoms with E-state index in [2.05, 4.69) is 0 Å². The second-order valence-electron chi connectivity index (χ2n) is 6.96. The fraction of sp³-hybridized carbons (Fsp3) is 0.286. The van der Waals surface area contributed by atoms with Crippen molar-refractivity contribution in [3.05, 3.63) is 65.2 Å². The number of rotatable bonds is 3. The molecule has 0 spiro atoms. The van der Waals surface area contributed by atoms with Crippen molar-refractivity contribution in [3.63, 3.8) is 0 Å². The van der Waals surface area contributed by atoms with Crippen LogP contribution in [0.4, 0.5) is 5.69 Å². The van der Waals surface area contributed by atoms with Crippen molar-refractivity contribution in [2.75, 3.05) is 11.4 Å². The summed E-state index contributed by atoms with van der Waals surface area (Å²) in [6.45, 7) is 0.109. The minimum atomic E-state index is -1.02. The number of carboxylic acids is 1. The van der Waals surface area contributed by atoms with Gasteiger partial charge in [0.1, 0.15) is 12.6 Å². The maximum absolute atomic E-state index is 13.0. The molecule has 2 aromatic carbocycles. The number of carboxylic acid groups (broad SMARTS) is 1. The molecule has 0 fully saturated rings. The van der Waals surface area contributed by atoms with E-state index in [0.29, 0.717) is 12.8 Å². The summed E-state index contributed by atoms with van der Waals surface area (Å²) in [7, 11) is 0. The number of aliphatic carboxylic acids is 1. The van der Waals surface area contributed by atoms with Gasteiger partial charge in [-0.05, 0) is 29.2 Å². The van der Waals surface area contributed by atoms with Crippen LogP contribution in [0.3, 0.4) is 0 Å². The summed E-state index contributed by atoms with van der Waals surface area (Å²) in [5.41, 5.74) is 3.68. The molecule has 2 aliphatic rings. The average molecular weight is 364 g/mol. The molecular weight excluding hydrogens is 344 g/mol. The minimum absolute atomic E-state index is 0.105. The zero-order valence-electron chi connectivity index (χ0n) is 14.8. The molecule has 2 aliphatic heterocycles. The van der Waals surface area contributed by atoms with Crippen molar-refractivity contribution in [2.24, 2.45) is 0 Å². The summed E-state index contributed by atoms with van der Waals surface area (Å²) < 4.78 is 0. The maximum atomic E-state index is 13.0. The molecule has 0 saturated carbocycles. The second-order valence-corrected chi connectivity index (χ2v) is 6.96. The molecule has 0 aromatic heterocycles. The van der Waals surface area contributed by atoms with E-state index in [1.807, 2.05) is 48.5 Å². The summed E-state index contributed by atoms with van der Waals surface area (Å²) >= 11 is 0. The summed E-state index contributed by atoms with van der Waals surface area (Å²) in [5.74, 6) is -1.48. The van der Waals surface area contributed by atoms with Crippen LogP contribution in [0.1, 0.15) is 23.1 Å². The Labute approximate surface area is 157 Å². The van der Waals surface area contributed by atoms with Crippen LogP contribution in [0.15, 0.2) is 48.5 Å². The Morgan fingerprint density at radius 2 is 1.63 bits per heavy atom. The van der Waals surface area contributed by atoms with Gasteiger partial charge in [-0.25, -0.2) is 4.79 Å². The van der Waals surface area contributed by atoms with Crippen LogP contribution in [-0.2, 0) is 33.8 Å². The Morgan fingerprint density at radius 3 is 2.37 bits per heavy atom. The molecule has 2 aromatic rings. The molecule has 1 unspecified atom stereocenters. The number of aryl methyl sites for hydroxylation is 1. The number of benzene rings is 2. The number of carbonyl (C=O) groups excluding carboxylic acids is 2. The standard InChI is InChI=1S/C21H20N2O4/c24-19-10-9-14-5-3-4-8-17(14)23(19)13-20(25)22-12-16-7-2-1-6-15(16)11-18(22)21(26)27/h1-8,18H,9-13H2,(H,26,27). The molecule has 4 rings (SSSR count). The first-order chi connectivity index (χ1) is 13.0.